The second kappa shape index (κ2) is 8.90. The average molecular weight is 317 g/mol. The summed E-state index contributed by atoms with van der Waals surface area (Å²) in [5, 5.41) is 12.3. The van der Waals surface area contributed by atoms with Gasteiger partial charge in [0, 0.05) is 13.2 Å². The van der Waals surface area contributed by atoms with E-state index in [1.165, 1.54) is 0 Å². The third-order valence-corrected chi connectivity index (χ3v) is 3.41. The lowest BCUT2D eigenvalue weighted by Crippen LogP contribution is -2.12. The Morgan fingerprint density at radius 1 is 0.957 bits per heavy atom. The Morgan fingerprint density at radius 2 is 1.70 bits per heavy atom. The van der Waals surface area contributed by atoms with Crippen LogP contribution in [0.1, 0.15) is 5.56 Å². The van der Waals surface area contributed by atoms with E-state index in [2.05, 4.69) is 5.32 Å². The smallest absolute Gasteiger partial charge is 0.142 e. The third-order valence-electron chi connectivity index (χ3n) is 3.41. The molecule has 23 heavy (non-hydrogen) atoms. The van der Waals surface area contributed by atoms with Crippen LogP contribution in [0.2, 0.25) is 0 Å². The summed E-state index contributed by atoms with van der Waals surface area (Å²) >= 11 is 0. The van der Waals surface area contributed by atoms with Crippen molar-refractivity contribution in [3.8, 4) is 17.2 Å². The molecule has 2 aromatic rings. The molecule has 0 aliphatic rings. The largest absolute Gasteiger partial charge is 0.497 e. The zero-order valence-corrected chi connectivity index (χ0v) is 13.5. The molecular weight excluding hydrogens is 294 g/mol. The monoisotopic (exact) mass is 317 g/mol. The van der Waals surface area contributed by atoms with Crippen LogP contribution in [0.25, 0.3) is 0 Å². The first-order valence-corrected chi connectivity index (χ1v) is 7.55. The molecule has 0 aliphatic heterocycles. The Labute approximate surface area is 136 Å². The Hall–Kier alpha value is -2.40. The van der Waals surface area contributed by atoms with Gasteiger partial charge in [-0.25, -0.2) is 0 Å². The Bertz CT molecular complexity index is 598. The number of ether oxygens (including phenoxy) is 3. The number of hydrogen-bond donors (Lipinski definition) is 2. The normalized spacial score (nSPS) is 10.2. The van der Waals surface area contributed by atoms with E-state index < -0.39 is 0 Å². The Morgan fingerprint density at radius 3 is 2.35 bits per heavy atom. The van der Waals surface area contributed by atoms with Crippen LogP contribution in [-0.4, -0.2) is 39.1 Å². The summed E-state index contributed by atoms with van der Waals surface area (Å²) in [7, 11) is 3.27. The van der Waals surface area contributed by atoms with Crippen LogP contribution < -0.4 is 19.5 Å². The zero-order valence-electron chi connectivity index (χ0n) is 13.5. The minimum absolute atomic E-state index is 0.131. The van der Waals surface area contributed by atoms with Crippen molar-refractivity contribution < 1.29 is 19.3 Å². The van der Waals surface area contributed by atoms with E-state index in [0.29, 0.717) is 19.6 Å². The summed E-state index contributed by atoms with van der Waals surface area (Å²) in [5.41, 5.74) is 1.96. The van der Waals surface area contributed by atoms with Crippen LogP contribution in [0.3, 0.4) is 0 Å². The molecule has 5 heteroatoms. The maximum absolute atomic E-state index is 8.99. The fourth-order valence-corrected chi connectivity index (χ4v) is 2.19. The van der Waals surface area contributed by atoms with Gasteiger partial charge in [0.25, 0.3) is 0 Å². The van der Waals surface area contributed by atoms with Crippen molar-refractivity contribution >= 4 is 5.69 Å². The van der Waals surface area contributed by atoms with Crippen molar-refractivity contribution in [3.05, 3.63) is 48.0 Å². The summed E-state index contributed by atoms with van der Waals surface area (Å²) in [4.78, 5) is 0. The molecule has 0 saturated heterocycles. The Kier molecular flexibility index (Phi) is 6.56. The molecule has 0 saturated carbocycles. The second-order valence-electron chi connectivity index (χ2n) is 4.96. The van der Waals surface area contributed by atoms with Gasteiger partial charge in [0.1, 0.15) is 23.9 Å². The number of methoxy groups -OCH3 is 2. The maximum atomic E-state index is 8.99. The topological polar surface area (TPSA) is 60.0 Å². The number of hydrogen-bond acceptors (Lipinski definition) is 5. The first-order valence-electron chi connectivity index (χ1n) is 7.55. The summed E-state index contributed by atoms with van der Waals surface area (Å²) in [6.07, 6.45) is 0.622. The summed E-state index contributed by atoms with van der Waals surface area (Å²) in [6, 6.07) is 13.4. The molecule has 0 aliphatic carbocycles. The van der Waals surface area contributed by atoms with Gasteiger partial charge in [-0.15, -0.1) is 0 Å². The number of rotatable bonds is 9. The zero-order chi connectivity index (χ0) is 16.5. The van der Waals surface area contributed by atoms with Crippen LogP contribution in [-0.2, 0) is 6.42 Å². The summed E-state index contributed by atoms with van der Waals surface area (Å²) in [6.45, 7) is 1.32. The van der Waals surface area contributed by atoms with E-state index in [9.17, 15) is 0 Å². The van der Waals surface area contributed by atoms with Crippen molar-refractivity contribution in [3.63, 3.8) is 0 Å². The molecule has 0 spiro atoms. The number of aliphatic hydroxyl groups excluding tert-OH is 1. The molecule has 0 fully saturated rings. The van der Waals surface area contributed by atoms with Gasteiger partial charge in [-0.3, -0.25) is 0 Å². The van der Waals surface area contributed by atoms with Crippen LogP contribution >= 0.6 is 0 Å². The van der Waals surface area contributed by atoms with Gasteiger partial charge in [0.2, 0.25) is 0 Å². The first kappa shape index (κ1) is 17.0. The van der Waals surface area contributed by atoms with Crippen molar-refractivity contribution in [1.29, 1.82) is 0 Å². The highest BCUT2D eigenvalue weighted by Gasteiger charge is 2.04. The summed E-state index contributed by atoms with van der Waals surface area (Å²) in [5.74, 6) is 2.38. The molecule has 0 atom stereocenters. The van der Waals surface area contributed by atoms with Crippen LogP contribution in [0, 0.1) is 0 Å². The second-order valence-corrected chi connectivity index (χ2v) is 4.96. The first-order chi connectivity index (χ1) is 11.3. The molecule has 0 unspecified atom stereocenters. The van der Waals surface area contributed by atoms with Gasteiger partial charge in [-0.1, -0.05) is 6.07 Å². The highest BCUT2D eigenvalue weighted by Crippen LogP contribution is 2.25. The van der Waals surface area contributed by atoms with Crippen LogP contribution in [0.15, 0.2) is 42.5 Å². The molecule has 2 N–H and O–H groups in total. The van der Waals surface area contributed by atoms with Crippen LogP contribution in [0.5, 0.6) is 17.2 Å². The predicted molar refractivity (Wildman–Crippen MR) is 90.8 cm³/mol. The lowest BCUT2D eigenvalue weighted by atomic mass is 10.1. The third kappa shape index (κ3) is 5.07. The fraction of sp³-hybridized carbons (Fsp3) is 0.333. The molecule has 0 bridgehead atoms. The molecule has 124 valence electrons. The van der Waals surface area contributed by atoms with Crippen molar-refractivity contribution in [1.82, 2.24) is 0 Å². The number of nitrogens with one attached hydrogen (secondary N) is 1. The quantitative estimate of drug-likeness (QED) is 0.696. The predicted octanol–water partition coefficient (Wildman–Crippen LogP) is 2.73. The van der Waals surface area contributed by atoms with Gasteiger partial charge in [-0.2, -0.15) is 0 Å². The van der Waals surface area contributed by atoms with E-state index in [-0.39, 0.29) is 6.61 Å². The fourth-order valence-electron chi connectivity index (χ4n) is 2.19. The van der Waals surface area contributed by atoms with E-state index >= 15 is 0 Å². The molecule has 2 aromatic carbocycles. The highest BCUT2D eigenvalue weighted by molar-refractivity contribution is 5.57. The van der Waals surface area contributed by atoms with E-state index in [0.717, 1.165) is 28.5 Å². The van der Waals surface area contributed by atoms with Gasteiger partial charge in [0.05, 0.1) is 19.9 Å². The van der Waals surface area contributed by atoms with Gasteiger partial charge in [0.15, 0.2) is 0 Å². The van der Waals surface area contributed by atoms with Crippen molar-refractivity contribution in [2.24, 2.45) is 0 Å². The number of benzene rings is 2. The minimum Gasteiger partial charge on any atom is -0.497 e. The molecule has 5 nitrogen and oxygen atoms in total. The van der Waals surface area contributed by atoms with Crippen molar-refractivity contribution in [2.45, 2.75) is 6.42 Å². The minimum atomic E-state index is 0.131. The molecule has 0 heterocycles. The van der Waals surface area contributed by atoms with Crippen molar-refractivity contribution in [2.75, 3.05) is 39.3 Å². The van der Waals surface area contributed by atoms with E-state index in [1.807, 2.05) is 42.5 Å². The standard InChI is InChI=1S/C18H23NO4/c1-21-15-4-6-16(7-5-15)23-12-10-19-17-8-3-14(9-11-20)13-18(17)22-2/h3-8,13,19-20H,9-12H2,1-2H3. The average Bonchev–Trinajstić information content (AvgIpc) is 2.60. The van der Waals surface area contributed by atoms with Gasteiger partial charge < -0.3 is 24.6 Å². The van der Waals surface area contributed by atoms with E-state index in [4.69, 9.17) is 19.3 Å². The Balaban J connectivity index is 1.83. The molecule has 0 radical (unpaired) electrons. The van der Waals surface area contributed by atoms with Gasteiger partial charge in [-0.05, 0) is 48.4 Å². The lowest BCUT2D eigenvalue weighted by molar-refractivity contribution is 0.299. The maximum Gasteiger partial charge on any atom is 0.142 e. The number of anilines is 1. The lowest BCUT2D eigenvalue weighted by Gasteiger charge is -2.13. The van der Waals surface area contributed by atoms with Gasteiger partial charge >= 0.3 is 0 Å². The number of aliphatic hydroxyl groups is 1. The SMILES string of the molecule is COc1ccc(OCCNc2ccc(CCO)cc2OC)cc1. The van der Waals surface area contributed by atoms with E-state index in [1.54, 1.807) is 14.2 Å². The molecule has 0 aromatic heterocycles. The molecular formula is C18H23NO4. The highest BCUT2D eigenvalue weighted by atomic mass is 16.5. The van der Waals surface area contributed by atoms with Crippen LogP contribution in [0.4, 0.5) is 5.69 Å². The summed E-state index contributed by atoms with van der Waals surface area (Å²) < 4.78 is 16.2. The molecule has 2 rings (SSSR count). The molecule has 0 amide bonds.